The van der Waals surface area contributed by atoms with Crippen LogP contribution in [-0.4, -0.2) is 18.7 Å². The molecule has 108 valence electrons. The van der Waals surface area contributed by atoms with E-state index in [4.69, 9.17) is 4.74 Å². The second-order valence-corrected chi connectivity index (χ2v) is 5.73. The summed E-state index contributed by atoms with van der Waals surface area (Å²) in [5, 5.41) is 3.55. The van der Waals surface area contributed by atoms with Gasteiger partial charge < -0.3 is 10.1 Å². The zero-order valence-electron chi connectivity index (χ0n) is 13.1. The molecule has 0 bridgehead atoms. The van der Waals surface area contributed by atoms with Gasteiger partial charge in [-0.3, -0.25) is 0 Å². The zero-order valence-corrected chi connectivity index (χ0v) is 13.1. The molecule has 0 radical (unpaired) electrons. The summed E-state index contributed by atoms with van der Waals surface area (Å²) >= 11 is 0. The molecule has 0 saturated heterocycles. The molecule has 1 N–H and O–H groups in total. The Morgan fingerprint density at radius 2 is 1.89 bits per heavy atom. The van der Waals surface area contributed by atoms with E-state index in [2.05, 4.69) is 58.1 Å². The molecule has 2 unspecified atom stereocenters. The van der Waals surface area contributed by atoms with Crippen molar-refractivity contribution in [1.82, 2.24) is 5.32 Å². The average molecular weight is 263 g/mol. The van der Waals surface area contributed by atoms with Crippen LogP contribution < -0.4 is 10.1 Å². The second-order valence-electron chi connectivity index (χ2n) is 5.73. The highest BCUT2D eigenvalue weighted by molar-refractivity contribution is 5.30. The third-order valence-electron chi connectivity index (χ3n) is 3.25. The van der Waals surface area contributed by atoms with E-state index in [0.717, 1.165) is 18.7 Å². The van der Waals surface area contributed by atoms with Crippen molar-refractivity contribution in [2.24, 2.45) is 0 Å². The fourth-order valence-electron chi connectivity index (χ4n) is 2.31. The maximum absolute atomic E-state index is 5.76. The van der Waals surface area contributed by atoms with Crippen molar-refractivity contribution in [2.45, 2.75) is 65.5 Å². The number of hydrogen-bond acceptors (Lipinski definition) is 2. The number of ether oxygens (including phenoxy) is 1. The Balaban J connectivity index is 2.58. The lowest BCUT2D eigenvalue weighted by Gasteiger charge is -2.19. The predicted octanol–water partition coefficient (Wildman–Crippen LogP) is 4.36. The Hall–Kier alpha value is -1.02. The third kappa shape index (κ3) is 6.11. The Bertz CT molecular complexity index is 362. The van der Waals surface area contributed by atoms with Crippen molar-refractivity contribution >= 4 is 0 Å². The molecule has 0 aliphatic heterocycles. The minimum absolute atomic E-state index is 0.232. The predicted molar refractivity (Wildman–Crippen MR) is 83.0 cm³/mol. The quantitative estimate of drug-likeness (QED) is 0.752. The molecular weight excluding hydrogens is 234 g/mol. The first kappa shape index (κ1) is 16.0. The number of nitrogens with one attached hydrogen (secondary N) is 1. The number of rotatable bonds is 8. The van der Waals surface area contributed by atoms with Gasteiger partial charge in [0.15, 0.2) is 0 Å². The van der Waals surface area contributed by atoms with E-state index in [0.29, 0.717) is 12.0 Å². The van der Waals surface area contributed by atoms with E-state index in [1.54, 1.807) is 0 Å². The lowest BCUT2D eigenvalue weighted by atomic mass is 9.94. The van der Waals surface area contributed by atoms with Gasteiger partial charge >= 0.3 is 0 Å². The van der Waals surface area contributed by atoms with Gasteiger partial charge in [-0.15, -0.1) is 0 Å². The first-order chi connectivity index (χ1) is 9.02. The Morgan fingerprint density at radius 3 is 2.53 bits per heavy atom. The maximum atomic E-state index is 5.76. The van der Waals surface area contributed by atoms with Crippen LogP contribution in [0.3, 0.4) is 0 Å². The van der Waals surface area contributed by atoms with E-state index < -0.39 is 0 Å². The van der Waals surface area contributed by atoms with Gasteiger partial charge in [-0.1, -0.05) is 26.0 Å². The Labute approximate surface area is 118 Å². The largest absolute Gasteiger partial charge is 0.491 e. The molecule has 0 heterocycles. The third-order valence-corrected chi connectivity index (χ3v) is 3.25. The van der Waals surface area contributed by atoms with Crippen LogP contribution in [0.2, 0.25) is 0 Å². The molecule has 1 aromatic carbocycles. The average Bonchev–Trinajstić information content (AvgIpc) is 2.35. The van der Waals surface area contributed by atoms with Gasteiger partial charge in [0, 0.05) is 6.04 Å². The molecule has 1 rings (SSSR count). The number of hydrogen-bond donors (Lipinski definition) is 1. The molecule has 2 nitrogen and oxygen atoms in total. The van der Waals surface area contributed by atoms with Gasteiger partial charge in [0.1, 0.15) is 5.75 Å². The van der Waals surface area contributed by atoms with E-state index in [-0.39, 0.29) is 6.10 Å². The van der Waals surface area contributed by atoms with Crippen LogP contribution in [0.25, 0.3) is 0 Å². The summed E-state index contributed by atoms with van der Waals surface area (Å²) in [6, 6.07) is 9.06. The molecule has 0 fully saturated rings. The van der Waals surface area contributed by atoms with Crippen LogP contribution in [0, 0.1) is 0 Å². The van der Waals surface area contributed by atoms with E-state index in [1.807, 2.05) is 6.07 Å². The highest BCUT2D eigenvalue weighted by Gasteiger charge is 2.11. The summed E-state index contributed by atoms with van der Waals surface area (Å²) in [6.07, 6.45) is 2.58. The normalized spacial score (nSPS) is 14.4. The molecule has 1 aromatic rings. The number of benzene rings is 1. The van der Waals surface area contributed by atoms with Crippen LogP contribution in [0.15, 0.2) is 24.3 Å². The minimum atomic E-state index is 0.232. The van der Waals surface area contributed by atoms with Crippen LogP contribution in [0.1, 0.15) is 58.9 Å². The van der Waals surface area contributed by atoms with Gasteiger partial charge in [-0.05, 0) is 63.8 Å². The second kappa shape index (κ2) is 8.21. The first-order valence-electron chi connectivity index (χ1n) is 7.53. The van der Waals surface area contributed by atoms with Crippen LogP contribution >= 0.6 is 0 Å². The lowest BCUT2D eigenvalue weighted by Crippen LogP contribution is -2.28. The Morgan fingerprint density at radius 1 is 1.16 bits per heavy atom. The molecule has 2 heteroatoms. The van der Waals surface area contributed by atoms with Crippen molar-refractivity contribution in [1.29, 1.82) is 0 Å². The fraction of sp³-hybridized carbons (Fsp3) is 0.647. The van der Waals surface area contributed by atoms with Crippen molar-refractivity contribution in [3.8, 4) is 5.75 Å². The van der Waals surface area contributed by atoms with E-state index in [9.17, 15) is 0 Å². The highest BCUT2D eigenvalue weighted by atomic mass is 16.5. The first-order valence-corrected chi connectivity index (χ1v) is 7.53. The molecule has 0 amide bonds. The van der Waals surface area contributed by atoms with Crippen LogP contribution in [0.4, 0.5) is 0 Å². The van der Waals surface area contributed by atoms with Crippen LogP contribution in [-0.2, 0) is 0 Å². The Kier molecular flexibility index (Phi) is 6.93. The minimum Gasteiger partial charge on any atom is -0.491 e. The molecule has 0 spiro atoms. The van der Waals surface area contributed by atoms with Crippen LogP contribution in [0.5, 0.6) is 5.75 Å². The summed E-state index contributed by atoms with van der Waals surface area (Å²) in [6.45, 7) is 12.0. The molecule has 2 atom stereocenters. The van der Waals surface area contributed by atoms with Gasteiger partial charge in [0.25, 0.3) is 0 Å². The summed E-state index contributed by atoms with van der Waals surface area (Å²) in [5.74, 6) is 1.53. The molecular formula is C17H29NO. The van der Waals surface area contributed by atoms with Crippen molar-refractivity contribution in [2.75, 3.05) is 6.54 Å². The van der Waals surface area contributed by atoms with Gasteiger partial charge in [0.2, 0.25) is 0 Å². The van der Waals surface area contributed by atoms with Crippen molar-refractivity contribution in [3.05, 3.63) is 29.8 Å². The SMILES string of the molecule is CCCNC(C)CC(C)c1cccc(OC(C)C)c1. The fourth-order valence-corrected chi connectivity index (χ4v) is 2.31. The smallest absolute Gasteiger partial charge is 0.119 e. The standard InChI is InChI=1S/C17H29NO/c1-6-10-18-15(5)11-14(4)16-8-7-9-17(12-16)19-13(2)3/h7-9,12-15,18H,6,10-11H2,1-5H3. The van der Waals surface area contributed by atoms with Gasteiger partial charge in [-0.2, -0.15) is 0 Å². The molecule has 0 saturated carbocycles. The van der Waals surface area contributed by atoms with E-state index >= 15 is 0 Å². The molecule has 0 aliphatic carbocycles. The molecule has 0 aliphatic rings. The van der Waals surface area contributed by atoms with Crippen molar-refractivity contribution in [3.63, 3.8) is 0 Å². The summed E-state index contributed by atoms with van der Waals surface area (Å²) in [4.78, 5) is 0. The van der Waals surface area contributed by atoms with E-state index in [1.165, 1.54) is 12.0 Å². The lowest BCUT2D eigenvalue weighted by molar-refractivity contribution is 0.242. The van der Waals surface area contributed by atoms with Crippen molar-refractivity contribution < 1.29 is 4.74 Å². The summed E-state index contributed by atoms with van der Waals surface area (Å²) in [7, 11) is 0. The molecule has 19 heavy (non-hydrogen) atoms. The van der Waals surface area contributed by atoms with Gasteiger partial charge in [0.05, 0.1) is 6.10 Å². The topological polar surface area (TPSA) is 21.3 Å². The molecule has 0 aromatic heterocycles. The monoisotopic (exact) mass is 263 g/mol. The maximum Gasteiger partial charge on any atom is 0.119 e. The highest BCUT2D eigenvalue weighted by Crippen LogP contribution is 2.24. The summed E-state index contributed by atoms with van der Waals surface area (Å²) in [5.41, 5.74) is 1.36. The van der Waals surface area contributed by atoms with Gasteiger partial charge in [-0.25, -0.2) is 0 Å². The zero-order chi connectivity index (χ0) is 14.3. The summed E-state index contributed by atoms with van der Waals surface area (Å²) < 4.78 is 5.76.